The third kappa shape index (κ3) is 240. The topological polar surface area (TPSA) is 47.6 Å². The molecule has 2 heteroatoms. The van der Waals surface area contributed by atoms with Gasteiger partial charge in [0.2, 0.25) is 0 Å². The highest BCUT2D eigenvalue weighted by Crippen LogP contribution is 0.588. The second kappa shape index (κ2) is 374. The van der Waals surface area contributed by atoms with Gasteiger partial charge in [-0.25, -0.2) is 10.5 Å². The van der Waals surface area contributed by atoms with Crippen LogP contribution >= 0.6 is 0 Å². The van der Waals surface area contributed by atoms with E-state index in [1.54, 1.807) is 0 Å². The van der Waals surface area contributed by atoms with Crippen molar-refractivity contribution in [3.63, 3.8) is 0 Å². The average molecular weight is 150 g/mol. The van der Waals surface area contributed by atoms with E-state index in [0.29, 0.717) is 0 Å². The molecule has 0 saturated carbocycles. The zero-order valence-electron chi connectivity index (χ0n) is 2.05. The lowest BCUT2D eigenvalue weighted by Gasteiger charge is -0.668. The van der Waals surface area contributed by atoms with Crippen LogP contribution in [0.1, 0.15) is 44.6 Å². The van der Waals surface area contributed by atoms with Crippen molar-refractivity contribution in [3.8, 4) is 13.1 Å². The normalized spacial score (nSPS) is 0.400. The molecule has 0 radical (unpaired) electrons. The summed E-state index contributed by atoms with van der Waals surface area (Å²) in [6.07, 6.45) is 0. The molecule has 0 aliphatic heterocycles. The molecule has 0 aliphatic carbocycles. The zero-order valence-corrected chi connectivity index (χ0v) is 2.05. The minimum atomic E-state index is 0. The predicted molar refractivity (Wildman–Crippen MR) is 53.7 cm³/mol. The van der Waals surface area contributed by atoms with Crippen LogP contribution in [0.2, 0.25) is 0 Å². The molecule has 0 saturated heterocycles. The maximum atomic E-state index is 6.50. The van der Waals surface area contributed by atoms with Gasteiger partial charge in [0.1, 0.15) is 0 Å². The van der Waals surface area contributed by atoms with Gasteiger partial charge >= 0.3 is 0 Å². The minimum absolute atomic E-state index is 0. The Bertz CT molecular complexity index is 22.7. The van der Waals surface area contributed by atoms with Gasteiger partial charge in [0.15, 0.2) is 0 Å². The van der Waals surface area contributed by atoms with Crippen molar-refractivity contribution in [1.82, 2.24) is 0 Å². The Labute approximate surface area is 69.1 Å². The SMILES string of the molecule is C.C.C.C.C.C.C#N.C#N. The number of rotatable bonds is 0. The van der Waals surface area contributed by atoms with Gasteiger partial charge in [-0.2, -0.15) is 0 Å². The number of nitriles is 2. The molecule has 0 aromatic heterocycles. The molecule has 0 spiro atoms. The van der Waals surface area contributed by atoms with Crippen molar-refractivity contribution in [2.45, 2.75) is 44.6 Å². The second-order valence-electron chi connectivity index (χ2n) is 0. The number of hydrogen-bond acceptors (Lipinski definition) is 2. The highest BCUT2D eigenvalue weighted by molar-refractivity contribution is 4.03. The molecule has 10 heavy (non-hydrogen) atoms. The van der Waals surface area contributed by atoms with Crippen LogP contribution in [0.25, 0.3) is 0 Å². The Kier molecular flexibility index (Phi) is 22300. The molecular formula is C8H26N2. The smallest absolute Gasteiger partial charge is 0.0462 e. The highest BCUT2D eigenvalue weighted by Gasteiger charge is 0.515. The van der Waals surface area contributed by atoms with E-state index in [1.807, 2.05) is 0 Å². The molecule has 0 bridgehead atoms. The maximum absolute atomic E-state index is 6.50. The van der Waals surface area contributed by atoms with Gasteiger partial charge in [-0.1, -0.05) is 44.6 Å². The lowest BCUT2D eigenvalue weighted by molar-refractivity contribution is 1.58. The quantitative estimate of drug-likeness (QED) is 0.522. The highest BCUT2D eigenvalue weighted by atomic mass is 14.2. The number of hydrogen-bond donors (Lipinski definition) is 0. The lowest BCUT2D eigenvalue weighted by atomic mass is 11.9. The first-order valence-corrected chi connectivity index (χ1v) is 0.516. The lowest BCUT2D eigenvalue weighted by Crippen LogP contribution is -0.569. The van der Waals surface area contributed by atoms with Crippen molar-refractivity contribution in [2.24, 2.45) is 0 Å². The van der Waals surface area contributed by atoms with Crippen LogP contribution in [0.15, 0.2) is 0 Å². The summed E-state index contributed by atoms with van der Waals surface area (Å²) in [6, 6.07) is 0. The molecule has 0 rings (SSSR count). The predicted octanol–water partition coefficient (Wildman–Crippen LogP) is 4.10. The fourth-order valence-corrected chi connectivity index (χ4v) is 0. The van der Waals surface area contributed by atoms with Crippen molar-refractivity contribution in [2.75, 3.05) is 0 Å². The summed E-state index contributed by atoms with van der Waals surface area (Å²) in [4.78, 5) is 0. The van der Waals surface area contributed by atoms with Crippen LogP contribution < -0.4 is 0 Å². The van der Waals surface area contributed by atoms with Gasteiger partial charge in [-0.05, 0) is 0 Å². The summed E-state index contributed by atoms with van der Waals surface area (Å²) < 4.78 is 0. The largest absolute Gasteiger partial charge is 0.202 e. The van der Waals surface area contributed by atoms with E-state index >= 15 is 0 Å². The Hall–Kier alpha value is -1.02. The standard InChI is InChI=1S/2CHN.6CH4/c2*1-2;;;;;;/h2*1H;6*1H4. The van der Waals surface area contributed by atoms with Crippen LogP contribution in [0.3, 0.4) is 0 Å². The fourth-order valence-electron chi connectivity index (χ4n) is 0. The molecule has 0 atom stereocenters. The third-order valence-corrected chi connectivity index (χ3v) is 0. The first-order valence-electron chi connectivity index (χ1n) is 0.516. The minimum Gasteiger partial charge on any atom is -0.202 e. The Morgan fingerprint density at radius 1 is 0.400 bits per heavy atom. The first-order chi connectivity index (χ1) is 2.00. The number of nitrogens with zero attached hydrogens (tertiary/aromatic N) is 2. The van der Waals surface area contributed by atoms with E-state index in [9.17, 15) is 0 Å². The van der Waals surface area contributed by atoms with Gasteiger partial charge in [-0.15, -0.1) is 0 Å². The Balaban J connectivity index is -0.000000000833. The summed E-state index contributed by atoms with van der Waals surface area (Å²) >= 11 is 0. The molecule has 0 aromatic rings. The molecule has 0 N–H and O–H groups in total. The van der Waals surface area contributed by atoms with E-state index in [1.165, 1.54) is 0 Å². The van der Waals surface area contributed by atoms with Crippen LogP contribution in [0, 0.1) is 23.7 Å². The molecule has 68 valence electrons. The summed E-state index contributed by atoms with van der Waals surface area (Å²) in [5, 5.41) is 13.0. The molecule has 0 aromatic carbocycles. The van der Waals surface area contributed by atoms with Crippen LogP contribution in [0.4, 0.5) is 0 Å². The van der Waals surface area contributed by atoms with Crippen LogP contribution in [-0.4, -0.2) is 0 Å². The second-order valence-corrected chi connectivity index (χ2v) is 0. The van der Waals surface area contributed by atoms with E-state index in [2.05, 4.69) is 13.1 Å². The van der Waals surface area contributed by atoms with Gasteiger partial charge in [0, 0.05) is 13.1 Å². The molecule has 0 amide bonds. The van der Waals surface area contributed by atoms with Gasteiger partial charge in [-0.3, -0.25) is 0 Å². The average Bonchev–Trinajstić information content (AvgIpc) is 1.50. The monoisotopic (exact) mass is 150 g/mol. The van der Waals surface area contributed by atoms with Crippen molar-refractivity contribution in [1.29, 1.82) is 10.5 Å². The maximum Gasteiger partial charge on any atom is 0.0462 e. The third-order valence-electron chi connectivity index (χ3n) is 0. The molecule has 0 heterocycles. The van der Waals surface area contributed by atoms with Crippen LogP contribution in [0.5, 0.6) is 0 Å². The van der Waals surface area contributed by atoms with E-state index in [4.69, 9.17) is 10.5 Å². The summed E-state index contributed by atoms with van der Waals surface area (Å²) in [6.45, 7) is 7.00. The summed E-state index contributed by atoms with van der Waals surface area (Å²) in [7, 11) is 0. The molecule has 0 unspecified atom stereocenters. The Morgan fingerprint density at radius 2 is 0.400 bits per heavy atom. The van der Waals surface area contributed by atoms with E-state index < -0.39 is 0 Å². The fraction of sp³-hybridized carbons (Fsp3) is 0.750. The molecule has 0 aliphatic rings. The van der Waals surface area contributed by atoms with Gasteiger partial charge < -0.3 is 0 Å². The van der Waals surface area contributed by atoms with Gasteiger partial charge in [0.05, 0.1) is 0 Å². The van der Waals surface area contributed by atoms with E-state index in [-0.39, 0.29) is 44.6 Å². The van der Waals surface area contributed by atoms with Crippen molar-refractivity contribution in [3.05, 3.63) is 0 Å². The zero-order chi connectivity index (χ0) is 4.00. The molecule has 2 nitrogen and oxygen atoms in total. The van der Waals surface area contributed by atoms with Gasteiger partial charge in [0.25, 0.3) is 0 Å². The van der Waals surface area contributed by atoms with Crippen LogP contribution in [-0.2, 0) is 0 Å². The first kappa shape index (κ1) is 595. The Morgan fingerprint density at radius 3 is 0.400 bits per heavy atom. The summed E-state index contributed by atoms with van der Waals surface area (Å²) in [5.74, 6) is 0. The van der Waals surface area contributed by atoms with Crippen molar-refractivity contribution < 1.29 is 0 Å². The van der Waals surface area contributed by atoms with E-state index in [0.717, 1.165) is 0 Å². The molecule has 0 fully saturated rings. The molecular weight excluding hydrogens is 124 g/mol. The summed E-state index contributed by atoms with van der Waals surface area (Å²) in [5.41, 5.74) is 0. The van der Waals surface area contributed by atoms with Crippen molar-refractivity contribution >= 4 is 0 Å².